The number of carbonyl (C=O) groups excluding carboxylic acids is 1. The molecule has 0 heterocycles. The first-order valence-corrected chi connectivity index (χ1v) is 8.56. The highest BCUT2D eigenvalue weighted by Gasteiger charge is 2.14. The van der Waals surface area contributed by atoms with Crippen molar-refractivity contribution in [1.29, 1.82) is 0 Å². The van der Waals surface area contributed by atoms with Crippen molar-refractivity contribution in [1.82, 2.24) is 0 Å². The van der Waals surface area contributed by atoms with E-state index in [4.69, 9.17) is 4.74 Å². The standard InChI is InChI=1S/C21H23NO4/c1-3-4-13-26-20-8-6-5-7-17(20)22-18(21(24)25)14-19(23)16-11-9-15(2)10-12-16/h5-12,14,22H,3-4,13H2,1-2H3,(H,24,25). The van der Waals surface area contributed by atoms with Gasteiger partial charge in [0.15, 0.2) is 5.78 Å². The number of carbonyl (C=O) groups is 2. The fraction of sp³-hybridized carbons (Fsp3) is 0.238. The molecule has 0 unspecified atom stereocenters. The smallest absolute Gasteiger partial charge is 0.352 e. The summed E-state index contributed by atoms with van der Waals surface area (Å²) in [6, 6.07) is 14.0. The second kappa shape index (κ2) is 9.42. The zero-order valence-electron chi connectivity index (χ0n) is 15.0. The second-order valence-corrected chi connectivity index (χ2v) is 5.92. The molecule has 0 radical (unpaired) electrons. The van der Waals surface area contributed by atoms with Gasteiger partial charge in [-0.05, 0) is 25.5 Å². The van der Waals surface area contributed by atoms with Crippen LogP contribution < -0.4 is 10.1 Å². The number of nitrogens with one attached hydrogen (secondary N) is 1. The van der Waals surface area contributed by atoms with E-state index in [0.717, 1.165) is 24.5 Å². The Bertz CT molecular complexity index is 794. The molecule has 0 spiro atoms. The molecule has 0 fully saturated rings. The summed E-state index contributed by atoms with van der Waals surface area (Å²) in [7, 11) is 0. The summed E-state index contributed by atoms with van der Waals surface area (Å²) in [6.45, 7) is 4.53. The molecule has 2 N–H and O–H groups in total. The number of unbranched alkanes of at least 4 members (excludes halogenated alkanes) is 1. The Hall–Kier alpha value is -3.08. The highest BCUT2D eigenvalue weighted by Crippen LogP contribution is 2.25. The Kier molecular flexibility index (Phi) is 6.97. The maximum Gasteiger partial charge on any atom is 0.352 e. The van der Waals surface area contributed by atoms with E-state index < -0.39 is 5.97 Å². The van der Waals surface area contributed by atoms with E-state index in [9.17, 15) is 14.7 Å². The third kappa shape index (κ3) is 5.48. The molecule has 0 aromatic heterocycles. The van der Waals surface area contributed by atoms with Gasteiger partial charge in [0.2, 0.25) is 0 Å². The van der Waals surface area contributed by atoms with Crippen LogP contribution >= 0.6 is 0 Å². The summed E-state index contributed by atoms with van der Waals surface area (Å²) in [6.07, 6.45) is 3.00. The van der Waals surface area contributed by atoms with Crippen molar-refractivity contribution in [2.24, 2.45) is 0 Å². The normalized spacial score (nSPS) is 11.1. The maximum absolute atomic E-state index is 12.3. The van der Waals surface area contributed by atoms with Crippen LogP contribution in [0, 0.1) is 6.92 Å². The van der Waals surface area contributed by atoms with Gasteiger partial charge in [-0.15, -0.1) is 0 Å². The summed E-state index contributed by atoms with van der Waals surface area (Å²) < 4.78 is 5.69. The minimum atomic E-state index is -1.21. The molecule has 2 aromatic rings. The van der Waals surface area contributed by atoms with Crippen molar-refractivity contribution in [3.05, 3.63) is 71.4 Å². The largest absolute Gasteiger partial charge is 0.491 e. The lowest BCUT2D eigenvalue weighted by Gasteiger charge is -2.13. The van der Waals surface area contributed by atoms with E-state index in [1.54, 1.807) is 30.3 Å². The average Bonchev–Trinajstić information content (AvgIpc) is 2.63. The summed E-state index contributed by atoms with van der Waals surface area (Å²) in [5.74, 6) is -1.04. The van der Waals surface area contributed by atoms with Crippen molar-refractivity contribution in [3.63, 3.8) is 0 Å². The highest BCUT2D eigenvalue weighted by atomic mass is 16.5. The number of allylic oxidation sites excluding steroid dienone is 1. The molecule has 0 aliphatic rings. The molecule has 0 saturated carbocycles. The van der Waals surface area contributed by atoms with Crippen molar-refractivity contribution in [2.45, 2.75) is 26.7 Å². The predicted octanol–water partition coefficient (Wildman–Crippen LogP) is 4.44. The van der Waals surface area contributed by atoms with Crippen LogP contribution in [0.1, 0.15) is 35.7 Å². The number of aryl methyl sites for hydroxylation is 1. The van der Waals surface area contributed by atoms with Crippen molar-refractivity contribution in [2.75, 3.05) is 11.9 Å². The van der Waals surface area contributed by atoms with Gasteiger partial charge in [-0.25, -0.2) is 4.79 Å². The van der Waals surface area contributed by atoms with Gasteiger partial charge in [0.1, 0.15) is 11.4 Å². The molecule has 0 amide bonds. The lowest BCUT2D eigenvalue weighted by atomic mass is 10.1. The summed E-state index contributed by atoms with van der Waals surface area (Å²) in [5.41, 5.74) is 1.76. The monoisotopic (exact) mass is 353 g/mol. The number of carboxylic acid groups (broad SMARTS) is 1. The van der Waals surface area contributed by atoms with Crippen LogP contribution in [0.2, 0.25) is 0 Å². The Morgan fingerprint density at radius 3 is 2.46 bits per heavy atom. The molecular weight excluding hydrogens is 330 g/mol. The summed E-state index contributed by atoms with van der Waals surface area (Å²) in [5, 5.41) is 12.3. The van der Waals surface area contributed by atoms with Gasteiger partial charge in [-0.3, -0.25) is 4.79 Å². The quantitative estimate of drug-likeness (QED) is 0.396. The van der Waals surface area contributed by atoms with Crippen LogP contribution in [0.4, 0.5) is 5.69 Å². The molecular formula is C21H23NO4. The minimum Gasteiger partial charge on any atom is -0.491 e. The number of hydrogen-bond acceptors (Lipinski definition) is 4. The van der Waals surface area contributed by atoms with Gasteiger partial charge in [0, 0.05) is 11.6 Å². The fourth-order valence-corrected chi connectivity index (χ4v) is 2.25. The number of carboxylic acids is 1. The first kappa shape index (κ1) is 19.2. The number of ketones is 1. The lowest BCUT2D eigenvalue weighted by molar-refractivity contribution is -0.132. The first-order chi connectivity index (χ1) is 12.5. The first-order valence-electron chi connectivity index (χ1n) is 8.56. The van der Waals surface area contributed by atoms with Gasteiger partial charge in [-0.2, -0.15) is 0 Å². The van der Waals surface area contributed by atoms with E-state index >= 15 is 0 Å². The molecule has 0 atom stereocenters. The third-order valence-electron chi connectivity index (χ3n) is 3.75. The summed E-state index contributed by atoms with van der Waals surface area (Å²) >= 11 is 0. The maximum atomic E-state index is 12.3. The molecule has 2 aromatic carbocycles. The van der Waals surface area contributed by atoms with Crippen molar-refractivity contribution < 1.29 is 19.4 Å². The van der Waals surface area contributed by atoms with Crippen LogP contribution in [0.3, 0.4) is 0 Å². The molecule has 136 valence electrons. The van der Waals surface area contributed by atoms with Crippen LogP contribution in [0.25, 0.3) is 0 Å². The third-order valence-corrected chi connectivity index (χ3v) is 3.75. The Labute approximate surface area is 153 Å². The SMILES string of the molecule is CCCCOc1ccccc1NC(=CC(=O)c1ccc(C)cc1)C(=O)O. The number of para-hydroxylation sites is 2. The van der Waals surface area contributed by atoms with Gasteiger partial charge < -0.3 is 15.2 Å². The van der Waals surface area contributed by atoms with E-state index in [1.807, 2.05) is 25.1 Å². The molecule has 0 bridgehead atoms. The Balaban J connectivity index is 2.22. The number of anilines is 1. The highest BCUT2D eigenvalue weighted by molar-refractivity contribution is 6.09. The molecule has 2 rings (SSSR count). The van der Waals surface area contributed by atoms with Crippen LogP contribution in [-0.4, -0.2) is 23.5 Å². The van der Waals surface area contributed by atoms with Crippen molar-refractivity contribution in [3.8, 4) is 5.75 Å². The zero-order valence-corrected chi connectivity index (χ0v) is 15.0. The number of hydrogen-bond donors (Lipinski definition) is 2. The van der Waals surface area contributed by atoms with Gasteiger partial charge in [0.05, 0.1) is 12.3 Å². The van der Waals surface area contributed by atoms with Gasteiger partial charge >= 0.3 is 5.97 Å². The van der Waals surface area contributed by atoms with Gasteiger partial charge in [-0.1, -0.05) is 55.3 Å². The van der Waals surface area contributed by atoms with E-state index in [-0.39, 0.29) is 11.5 Å². The fourth-order valence-electron chi connectivity index (χ4n) is 2.25. The lowest BCUT2D eigenvalue weighted by Crippen LogP contribution is -2.14. The van der Waals surface area contributed by atoms with Crippen LogP contribution in [0.15, 0.2) is 60.3 Å². The molecule has 0 aliphatic heterocycles. The molecule has 5 nitrogen and oxygen atoms in total. The van der Waals surface area contributed by atoms with Crippen LogP contribution in [0.5, 0.6) is 5.75 Å². The molecule has 5 heteroatoms. The Morgan fingerprint density at radius 1 is 1.12 bits per heavy atom. The molecule has 26 heavy (non-hydrogen) atoms. The number of rotatable bonds is 9. The summed E-state index contributed by atoms with van der Waals surface area (Å²) in [4.78, 5) is 23.9. The molecule has 0 saturated heterocycles. The van der Waals surface area contributed by atoms with E-state index in [1.165, 1.54) is 0 Å². The van der Waals surface area contributed by atoms with E-state index in [2.05, 4.69) is 12.2 Å². The van der Waals surface area contributed by atoms with Gasteiger partial charge in [0.25, 0.3) is 0 Å². The molecule has 0 aliphatic carbocycles. The average molecular weight is 353 g/mol. The van der Waals surface area contributed by atoms with Crippen LogP contribution in [-0.2, 0) is 4.79 Å². The number of ether oxygens (including phenoxy) is 1. The van der Waals surface area contributed by atoms with Crippen molar-refractivity contribution >= 4 is 17.4 Å². The zero-order chi connectivity index (χ0) is 18.9. The second-order valence-electron chi connectivity index (χ2n) is 5.92. The van der Waals surface area contributed by atoms with E-state index in [0.29, 0.717) is 23.6 Å². The predicted molar refractivity (Wildman–Crippen MR) is 102 cm³/mol. The number of aliphatic carboxylic acids is 1. The number of benzene rings is 2. The Morgan fingerprint density at radius 2 is 1.81 bits per heavy atom. The minimum absolute atomic E-state index is 0.206. The topological polar surface area (TPSA) is 75.6 Å².